The van der Waals surface area contributed by atoms with Crippen LogP contribution in [0.15, 0.2) is 34.5 Å². The number of thiophene rings is 1. The highest BCUT2D eigenvalue weighted by molar-refractivity contribution is 7.92. The SMILES string of the molecule is CC(C)S(=O)(=O)c1csc(C(=O)NC2Cc3ccccc3C2)c1Cl. The summed E-state index contributed by atoms with van der Waals surface area (Å²) < 4.78 is 24.5. The van der Waals surface area contributed by atoms with Gasteiger partial charge in [0, 0.05) is 11.4 Å². The predicted octanol–water partition coefficient (Wildman–Crippen LogP) is 3.48. The van der Waals surface area contributed by atoms with Gasteiger partial charge < -0.3 is 5.32 Å². The summed E-state index contributed by atoms with van der Waals surface area (Å²) in [5.41, 5.74) is 2.48. The van der Waals surface area contributed by atoms with E-state index < -0.39 is 15.1 Å². The fourth-order valence-corrected chi connectivity index (χ4v) is 5.83. The number of benzene rings is 1. The Bertz CT molecular complexity index is 862. The average molecular weight is 384 g/mol. The van der Waals surface area contributed by atoms with E-state index in [0.717, 1.165) is 24.2 Å². The molecule has 4 nitrogen and oxygen atoms in total. The third kappa shape index (κ3) is 3.10. The van der Waals surface area contributed by atoms with Crippen molar-refractivity contribution in [3.8, 4) is 0 Å². The van der Waals surface area contributed by atoms with Gasteiger partial charge in [-0.1, -0.05) is 35.9 Å². The molecule has 0 radical (unpaired) electrons. The van der Waals surface area contributed by atoms with Crippen LogP contribution in [0.1, 0.15) is 34.6 Å². The Morgan fingerprint density at radius 2 is 1.83 bits per heavy atom. The molecule has 1 aliphatic carbocycles. The summed E-state index contributed by atoms with van der Waals surface area (Å²) in [6.07, 6.45) is 1.56. The molecule has 1 N–H and O–H groups in total. The lowest BCUT2D eigenvalue weighted by molar-refractivity contribution is 0.0942. The quantitative estimate of drug-likeness (QED) is 0.879. The maximum Gasteiger partial charge on any atom is 0.263 e. The van der Waals surface area contributed by atoms with Gasteiger partial charge in [-0.05, 0) is 37.8 Å². The largest absolute Gasteiger partial charge is 0.348 e. The van der Waals surface area contributed by atoms with E-state index >= 15 is 0 Å². The summed E-state index contributed by atoms with van der Waals surface area (Å²) in [5, 5.41) is 3.87. The Hall–Kier alpha value is -1.37. The highest BCUT2D eigenvalue weighted by Crippen LogP contribution is 2.34. The van der Waals surface area contributed by atoms with Crippen molar-refractivity contribution in [3.63, 3.8) is 0 Å². The maximum atomic E-state index is 12.5. The van der Waals surface area contributed by atoms with Crippen LogP contribution < -0.4 is 5.32 Å². The second kappa shape index (κ2) is 6.50. The van der Waals surface area contributed by atoms with Crippen LogP contribution in [0.4, 0.5) is 0 Å². The molecule has 3 rings (SSSR count). The summed E-state index contributed by atoms with van der Waals surface area (Å²) in [6.45, 7) is 3.19. The number of rotatable bonds is 4. The molecule has 24 heavy (non-hydrogen) atoms. The van der Waals surface area contributed by atoms with Gasteiger partial charge in [-0.2, -0.15) is 0 Å². The Morgan fingerprint density at radius 1 is 1.25 bits per heavy atom. The minimum atomic E-state index is -3.49. The molecule has 7 heteroatoms. The number of carbonyl (C=O) groups is 1. The van der Waals surface area contributed by atoms with E-state index in [-0.39, 0.29) is 26.7 Å². The van der Waals surface area contributed by atoms with Gasteiger partial charge in [0.25, 0.3) is 5.91 Å². The fourth-order valence-electron chi connectivity index (χ4n) is 2.84. The number of sulfone groups is 1. The number of carbonyl (C=O) groups excluding carboxylic acids is 1. The lowest BCUT2D eigenvalue weighted by Crippen LogP contribution is -2.35. The zero-order chi connectivity index (χ0) is 17.5. The molecule has 1 aliphatic rings. The molecule has 0 bridgehead atoms. The van der Waals surface area contributed by atoms with Crippen LogP contribution in [0.3, 0.4) is 0 Å². The summed E-state index contributed by atoms with van der Waals surface area (Å²) in [7, 11) is -3.49. The minimum Gasteiger partial charge on any atom is -0.348 e. The van der Waals surface area contributed by atoms with Crippen molar-refractivity contribution in [3.05, 3.63) is 50.7 Å². The molecule has 0 saturated heterocycles. The molecule has 128 valence electrons. The second-order valence-electron chi connectivity index (χ2n) is 6.18. The first-order valence-electron chi connectivity index (χ1n) is 7.69. The second-order valence-corrected chi connectivity index (χ2v) is 9.91. The smallest absolute Gasteiger partial charge is 0.263 e. The van der Waals surface area contributed by atoms with Crippen LogP contribution in [0, 0.1) is 0 Å². The fraction of sp³-hybridized carbons (Fsp3) is 0.353. The van der Waals surface area contributed by atoms with E-state index in [4.69, 9.17) is 11.6 Å². The lowest BCUT2D eigenvalue weighted by Gasteiger charge is -2.11. The molecule has 0 aliphatic heterocycles. The van der Waals surface area contributed by atoms with E-state index in [2.05, 4.69) is 17.4 Å². The molecule has 0 saturated carbocycles. The lowest BCUT2D eigenvalue weighted by atomic mass is 10.1. The topological polar surface area (TPSA) is 63.2 Å². The number of fused-ring (bicyclic) bond motifs is 1. The van der Waals surface area contributed by atoms with Crippen LogP contribution in [0.25, 0.3) is 0 Å². The van der Waals surface area contributed by atoms with Gasteiger partial charge >= 0.3 is 0 Å². The Labute approximate surface area is 150 Å². The Balaban J connectivity index is 1.77. The highest BCUT2D eigenvalue weighted by Gasteiger charge is 2.29. The van der Waals surface area contributed by atoms with E-state index in [1.165, 1.54) is 16.5 Å². The van der Waals surface area contributed by atoms with Gasteiger partial charge in [-0.15, -0.1) is 11.3 Å². The summed E-state index contributed by atoms with van der Waals surface area (Å²) in [5.74, 6) is -0.312. The number of hydrogen-bond donors (Lipinski definition) is 1. The molecule has 1 aromatic heterocycles. The average Bonchev–Trinajstić information content (AvgIpc) is 3.09. The first-order chi connectivity index (χ1) is 11.3. The van der Waals surface area contributed by atoms with Gasteiger partial charge in [0.15, 0.2) is 9.84 Å². The molecule has 0 unspecified atom stereocenters. The van der Waals surface area contributed by atoms with Crippen LogP contribution >= 0.6 is 22.9 Å². The Morgan fingerprint density at radius 3 is 2.38 bits per heavy atom. The molecule has 0 spiro atoms. The zero-order valence-electron chi connectivity index (χ0n) is 13.4. The summed E-state index contributed by atoms with van der Waals surface area (Å²) >= 11 is 7.27. The number of halogens is 1. The van der Waals surface area contributed by atoms with Crippen LogP contribution in [-0.2, 0) is 22.7 Å². The molecular weight excluding hydrogens is 366 g/mol. The predicted molar refractivity (Wildman–Crippen MR) is 96.8 cm³/mol. The van der Waals surface area contributed by atoms with Crippen molar-refractivity contribution < 1.29 is 13.2 Å². The highest BCUT2D eigenvalue weighted by atomic mass is 35.5. The van der Waals surface area contributed by atoms with E-state index in [0.29, 0.717) is 0 Å². The molecule has 0 fully saturated rings. The van der Waals surface area contributed by atoms with Gasteiger partial charge in [0.05, 0.1) is 15.2 Å². The summed E-state index contributed by atoms with van der Waals surface area (Å²) in [4.78, 5) is 12.8. The Kier molecular flexibility index (Phi) is 4.73. The number of nitrogens with one attached hydrogen (secondary N) is 1. The molecule has 0 atom stereocenters. The van der Waals surface area contributed by atoms with Crippen LogP contribution in [-0.4, -0.2) is 25.6 Å². The molecule has 1 heterocycles. The first-order valence-corrected chi connectivity index (χ1v) is 10.5. The van der Waals surface area contributed by atoms with Crippen molar-refractivity contribution in [2.24, 2.45) is 0 Å². The first kappa shape index (κ1) is 17.5. The van der Waals surface area contributed by atoms with Crippen molar-refractivity contribution >= 4 is 38.7 Å². The van der Waals surface area contributed by atoms with E-state index in [1.807, 2.05) is 12.1 Å². The third-order valence-corrected chi connectivity index (χ3v) is 8.14. The van der Waals surface area contributed by atoms with Crippen LogP contribution in [0.5, 0.6) is 0 Å². The molecule has 2 aromatic rings. The van der Waals surface area contributed by atoms with Crippen molar-refractivity contribution in [2.75, 3.05) is 0 Å². The summed E-state index contributed by atoms with van der Waals surface area (Å²) in [6, 6.07) is 8.11. The minimum absolute atomic E-state index is 0.0122. The normalized spacial score (nSPS) is 14.8. The third-order valence-electron chi connectivity index (χ3n) is 4.22. The van der Waals surface area contributed by atoms with Crippen LogP contribution in [0.2, 0.25) is 5.02 Å². The van der Waals surface area contributed by atoms with Gasteiger partial charge in [-0.3, -0.25) is 4.79 Å². The molecule has 1 amide bonds. The van der Waals surface area contributed by atoms with Crippen molar-refractivity contribution in [1.29, 1.82) is 0 Å². The molecule has 1 aromatic carbocycles. The van der Waals surface area contributed by atoms with E-state index in [1.54, 1.807) is 13.8 Å². The zero-order valence-corrected chi connectivity index (χ0v) is 15.8. The molecular formula is C17H18ClNO3S2. The maximum absolute atomic E-state index is 12.5. The number of amides is 1. The number of hydrogen-bond acceptors (Lipinski definition) is 4. The monoisotopic (exact) mass is 383 g/mol. The van der Waals surface area contributed by atoms with Crippen molar-refractivity contribution in [2.45, 2.75) is 42.9 Å². The standard InChI is InChI=1S/C17H18ClNO3S2/c1-10(2)24(21,22)14-9-23-16(15(14)18)17(20)19-13-7-11-5-3-4-6-12(11)8-13/h3-6,9-10,13H,7-8H2,1-2H3,(H,19,20). The van der Waals surface area contributed by atoms with Gasteiger partial charge in [0.1, 0.15) is 4.88 Å². The van der Waals surface area contributed by atoms with Gasteiger partial charge in [-0.25, -0.2) is 8.42 Å². The van der Waals surface area contributed by atoms with E-state index in [9.17, 15) is 13.2 Å². The van der Waals surface area contributed by atoms with Gasteiger partial charge in [0.2, 0.25) is 0 Å². The van der Waals surface area contributed by atoms with Crippen molar-refractivity contribution in [1.82, 2.24) is 5.32 Å².